The lowest BCUT2D eigenvalue weighted by atomic mass is 9.91. The van der Waals surface area contributed by atoms with Crippen molar-refractivity contribution in [1.29, 1.82) is 0 Å². The Balaban J connectivity index is 1.15. The van der Waals surface area contributed by atoms with E-state index in [1.807, 2.05) is 19.0 Å². The van der Waals surface area contributed by atoms with E-state index in [9.17, 15) is 22.4 Å². The van der Waals surface area contributed by atoms with Crippen LogP contribution in [-0.2, 0) is 23.7 Å². The van der Waals surface area contributed by atoms with Crippen molar-refractivity contribution in [1.82, 2.24) is 15.3 Å². The first kappa shape index (κ1) is 26.3. The number of aromatic nitrogens is 2. The summed E-state index contributed by atoms with van der Waals surface area (Å²) in [5.74, 6) is 0.859. The number of amides is 2. The molecular weight excluding hydrogens is 508 g/mol. The minimum atomic E-state index is -4.45. The van der Waals surface area contributed by atoms with E-state index in [-0.39, 0.29) is 17.8 Å². The van der Waals surface area contributed by atoms with Gasteiger partial charge in [-0.3, -0.25) is 0 Å². The van der Waals surface area contributed by atoms with Crippen LogP contribution in [-0.4, -0.2) is 48.5 Å². The van der Waals surface area contributed by atoms with Crippen molar-refractivity contribution in [3.05, 3.63) is 35.0 Å². The third kappa shape index (κ3) is 5.71. The minimum Gasteiger partial charge on any atom is -0.409 e. The average molecular weight is 539 g/mol. The van der Waals surface area contributed by atoms with E-state index < -0.39 is 29.7 Å². The minimum absolute atomic E-state index is 0.00468. The lowest BCUT2D eigenvalue weighted by Gasteiger charge is -2.31. The molecule has 0 spiro atoms. The first-order valence-electron chi connectivity index (χ1n) is 12.7. The molecule has 1 saturated carbocycles. The zero-order valence-electron chi connectivity index (χ0n) is 21.1. The van der Waals surface area contributed by atoms with Gasteiger partial charge in [0, 0.05) is 37.4 Å². The van der Waals surface area contributed by atoms with E-state index in [0.29, 0.717) is 18.8 Å². The molecule has 2 aliphatic carbocycles. The Bertz CT molecular complexity index is 1200. The Morgan fingerprint density at radius 1 is 1.03 bits per heavy atom. The van der Waals surface area contributed by atoms with Crippen molar-refractivity contribution >= 4 is 23.5 Å². The number of rotatable bonds is 5. The van der Waals surface area contributed by atoms with E-state index in [4.69, 9.17) is 9.97 Å². The molecule has 2 heterocycles. The van der Waals surface area contributed by atoms with E-state index in [1.165, 1.54) is 11.6 Å². The number of nitrogens with one attached hydrogen (secondary N) is 3. The number of urea groups is 1. The summed E-state index contributed by atoms with van der Waals surface area (Å²) in [5, 5.41) is 8.77. The molecule has 3 N–H and O–H groups in total. The number of nitrogens with zero attached hydrogens (tertiary/aromatic N) is 3. The number of fused-ring (bicyclic) bond motifs is 2. The molecule has 2 aromatic rings. The summed E-state index contributed by atoms with van der Waals surface area (Å²) in [6, 6.07) is 2.47. The summed E-state index contributed by atoms with van der Waals surface area (Å²) in [6.45, 7) is 0. The standard InChI is InChI=1S/C25H30F4N6O3/c1-35(2)21-17-5-3-4-6-19(17)33-22(34-21)30-14-7-9-15(10-8-14)31-23(36)32-16-11-12-20-18(13-16)24(26,27)38-25(28,29)37-20/h11-15H,3-10H2,1-2H3,(H,30,33,34)(H2,31,32,36). The summed E-state index contributed by atoms with van der Waals surface area (Å²) in [5.41, 5.74) is 1.44. The molecule has 1 aliphatic heterocycles. The van der Waals surface area contributed by atoms with E-state index >= 15 is 0 Å². The van der Waals surface area contributed by atoms with Gasteiger partial charge in [0.05, 0.1) is 11.3 Å². The zero-order chi connectivity index (χ0) is 27.1. The van der Waals surface area contributed by atoms with Crippen LogP contribution in [0.5, 0.6) is 5.75 Å². The fourth-order valence-electron chi connectivity index (χ4n) is 5.20. The number of hydrogen-bond acceptors (Lipinski definition) is 7. The van der Waals surface area contributed by atoms with Crippen LogP contribution >= 0.6 is 0 Å². The summed E-state index contributed by atoms with van der Waals surface area (Å²) >= 11 is 0. The maximum absolute atomic E-state index is 14.0. The number of benzene rings is 1. The predicted octanol–water partition coefficient (Wildman–Crippen LogP) is 4.97. The smallest absolute Gasteiger partial charge is 0.409 e. The second kappa shape index (κ2) is 10.1. The van der Waals surface area contributed by atoms with Crippen molar-refractivity contribution in [3.8, 4) is 5.75 Å². The molecule has 5 rings (SSSR count). The number of halogens is 4. The van der Waals surface area contributed by atoms with Gasteiger partial charge in [0.25, 0.3) is 0 Å². The fraction of sp³-hybridized carbons (Fsp3) is 0.560. The maximum atomic E-state index is 14.0. The van der Waals surface area contributed by atoms with Crippen LogP contribution in [0.1, 0.15) is 55.3 Å². The van der Waals surface area contributed by atoms with Gasteiger partial charge in [0.1, 0.15) is 11.6 Å². The Morgan fingerprint density at radius 2 is 1.74 bits per heavy atom. The van der Waals surface area contributed by atoms with Gasteiger partial charge in [-0.1, -0.05) is 0 Å². The Hall–Kier alpha value is -3.35. The fourth-order valence-corrected chi connectivity index (χ4v) is 5.20. The Kier molecular flexibility index (Phi) is 6.97. The second-order valence-corrected chi connectivity index (χ2v) is 10.1. The number of carbonyl (C=O) groups excluding carboxylic acids is 1. The molecule has 0 radical (unpaired) electrons. The first-order valence-corrected chi connectivity index (χ1v) is 12.7. The van der Waals surface area contributed by atoms with Crippen LogP contribution in [0.25, 0.3) is 0 Å². The molecule has 13 heteroatoms. The van der Waals surface area contributed by atoms with Gasteiger partial charge in [-0.2, -0.15) is 13.8 Å². The molecule has 1 aromatic carbocycles. The lowest BCUT2D eigenvalue weighted by Crippen LogP contribution is -2.42. The van der Waals surface area contributed by atoms with Crippen molar-refractivity contribution < 1.29 is 31.8 Å². The number of carbonyl (C=O) groups is 1. The Labute approximate surface area is 217 Å². The average Bonchev–Trinajstić information content (AvgIpc) is 2.84. The number of ether oxygens (including phenoxy) is 2. The van der Waals surface area contributed by atoms with Crippen molar-refractivity contribution in [2.75, 3.05) is 29.6 Å². The number of alkyl halides is 4. The molecule has 0 atom stereocenters. The highest BCUT2D eigenvalue weighted by molar-refractivity contribution is 5.89. The highest BCUT2D eigenvalue weighted by atomic mass is 19.3. The van der Waals surface area contributed by atoms with E-state index in [2.05, 4.69) is 25.4 Å². The SMILES string of the molecule is CN(C)c1nc(NC2CCC(NC(=O)Nc3ccc4c(c3)C(F)(F)OC(F)(F)O4)CC2)nc2c1CCCC2. The summed E-state index contributed by atoms with van der Waals surface area (Å²) < 4.78 is 62.0. The van der Waals surface area contributed by atoms with Crippen LogP contribution < -0.4 is 25.6 Å². The van der Waals surface area contributed by atoms with Gasteiger partial charge < -0.3 is 25.6 Å². The van der Waals surface area contributed by atoms with Gasteiger partial charge in [-0.25, -0.2) is 14.5 Å². The lowest BCUT2D eigenvalue weighted by molar-refractivity contribution is -0.461. The molecule has 9 nitrogen and oxygen atoms in total. The largest absolute Gasteiger partial charge is 0.540 e. The molecule has 206 valence electrons. The van der Waals surface area contributed by atoms with Crippen molar-refractivity contribution in [2.24, 2.45) is 0 Å². The van der Waals surface area contributed by atoms with E-state index in [0.717, 1.165) is 62.2 Å². The first-order chi connectivity index (χ1) is 18.0. The van der Waals surface area contributed by atoms with Gasteiger partial charge in [0.15, 0.2) is 0 Å². The normalized spacial score (nSPS) is 23.3. The second-order valence-electron chi connectivity index (χ2n) is 10.1. The van der Waals surface area contributed by atoms with Crippen LogP contribution in [0, 0.1) is 0 Å². The highest BCUT2D eigenvalue weighted by Gasteiger charge is 2.54. The quantitative estimate of drug-likeness (QED) is 0.462. The highest BCUT2D eigenvalue weighted by Crippen LogP contribution is 2.46. The molecule has 1 fully saturated rings. The third-order valence-electron chi connectivity index (χ3n) is 7.01. The molecule has 0 bridgehead atoms. The zero-order valence-corrected chi connectivity index (χ0v) is 21.1. The monoisotopic (exact) mass is 538 g/mol. The molecule has 3 aliphatic rings. The van der Waals surface area contributed by atoms with Crippen LogP contribution in [0.3, 0.4) is 0 Å². The molecular formula is C25H30F4N6O3. The molecule has 1 aromatic heterocycles. The maximum Gasteiger partial charge on any atom is 0.540 e. The van der Waals surface area contributed by atoms with E-state index in [1.54, 1.807) is 0 Å². The third-order valence-corrected chi connectivity index (χ3v) is 7.01. The summed E-state index contributed by atoms with van der Waals surface area (Å²) in [4.78, 5) is 24.0. The number of aryl methyl sites for hydroxylation is 1. The van der Waals surface area contributed by atoms with Crippen molar-refractivity contribution in [3.63, 3.8) is 0 Å². The van der Waals surface area contributed by atoms with Gasteiger partial charge in [-0.15, -0.1) is 8.78 Å². The molecule has 0 saturated heterocycles. The molecule has 38 heavy (non-hydrogen) atoms. The number of hydrogen-bond donors (Lipinski definition) is 3. The van der Waals surface area contributed by atoms with Gasteiger partial charge in [-0.05, 0) is 69.6 Å². The summed E-state index contributed by atoms with van der Waals surface area (Å²) in [6.07, 6.45) is -1.52. The van der Waals surface area contributed by atoms with Gasteiger partial charge >= 0.3 is 18.4 Å². The number of anilines is 3. The topological polar surface area (TPSA) is 101 Å². The van der Waals surface area contributed by atoms with Crippen LogP contribution in [0.2, 0.25) is 0 Å². The predicted molar refractivity (Wildman–Crippen MR) is 132 cm³/mol. The van der Waals surface area contributed by atoms with Crippen LogP contribution in [0.4, 0.5) is 39.8 Å². The van der Waals surface area contributed by atoms with Crippen molar-refractivity contribution in [2.45, 2.75) is 75.9 Å². The molecule has 2 amide bonds. The van der Waals surface area contributed by atoms with Gasteiger partial charge in [0.2, 0.25) is 5.95 Å². The molecule has 0 unspecified atom stereocenters. The summed E-state index contributed by atoms with van der Waals surface area (Å²) in [7, 11) is 3.97. The van der Waals surface area contributed by atoms with Crippen LogP contribution in [0.15, 0.2) is 18.2 Å². The Morgan fingerprint density at radius 3 is 2.47 bits per heavy atom.